The fraction of sp³-hybridized carbons (Fsp3) is 0.308. The number of carbonyl (C=O) groups is 3. The molecule has 7 rings (SSSR count). The molecule has 2 fully saturated rings. The van der Waals surface area contributed by atoms with Crippen LogP contribution >= 0.6 is 0 Å². The molecule has 2 saturated heterocycles. The number of likely N-dealkylation sites (N-methyl/N-ethyl adjacent to an activating group) is 1. The lowest BCUT2D eigenvalue weighted by Gasteiger charge is -2.32. The molecule has 51 heavy (non-hydrogen) atoms. The van der Waals surface area contributed by atoms with Crippen LogP contribution in [0.5, 0.6) is 0 Å². The molecule has 3 amide bonds. The lowest BCUT2D eigenvalue weighted by molar-refractivity contribution is -0.137. The van der Waals surface area contributed by atoms with E-state index in [1.165, 1.54) is 14.2 Å². The van der Waals surface area contributed by atoms with E-state index in [0.717, 1.165) is 70.0 Å². The molecule has 4 heterocycles. The number of aromatic nitrogens is 4. The van der Waals surface area contributed by atoms with Crippen molar-refractivity contribution in [3.8, 4) is 33.6 Å². The summed E-state index contributed by atoms with van der Waals surface area (Å²) in [6, 6.07) is 24.3. The average Bonchev–Trinajstić information content (AvgIpc) is 3.99. The first-order chi connectivity index (χ1) is 24.8. The zero-order chi connectivity index (χ0) is 35.5. The van der Waals surface area contributed by atoms with E-state index in [2.05, 4.69) is 56.3 Å². The molecule has 0 bridgehead atoms. The van der Waals surface area contributed by atoms with Gasteiger partial charge in [-0.3, -0.25) is 14.5 Å². The molecule has 2 aliphatic heterocycles. The van der Waals surface area contributed by atoms with E-state index >= 15 is 0 Å². The van der Waals surface area contributed by atoms with Crippen molar-refractivity contribution in [1.29, 1.82) is 0 Å². The Labute approximate surface area is 296 Å². The number of carbonyl (C=O) groups excluding carboxylic acids is 2. The number of hydrogen-bond donors (Lipinski definition) is 3. The van der Waals surface area contributed by atoms with E-state index in [0.29, 0.717) is 24.5 Å². The zero-order valence-corrected chi connectivity index (χ0v) is 28.7. The number of carboxylic acid groups (broad SMARTS) is 1. The number of imidazole rings is 2. The van der Waals surface area contributed by atoms with Gasteiger partial charge in [-0.05, 0) is 53.5 Å². The Morgan fingerprint density at radius 2 is 1.27 bits per heavy atom. The third-order valence-corrected chi connectivity index (χ3v) is 9.96. The Bertz CT molecular complexity index is 1990. The number of hydrogen-bond acceptors (Lipinski definition) is 6. The van der Waals surface area contributed by atoms with Crippen molar-refractivity contribution in [3.05, 3.63) is 108 Å². The van der Waals surface area contributed by atoms with Gasteiger partial charge in [0.05, 0.1) is 35.9 Å². The summed E-state index contributed by atoms with van der Waals surface area (Å²) >= 11 is 0. The summed E-state index contributed by atoms with van der Waals surface area (Å²) in [5, 5.41) is 9.76. The number of rotatable bonds is 10. The van der Waals surface area contributed by atoms with Crippen molar-refractivity contribution in [2.75, 3.05) is 33.9 Å². The summed E-state index contributed by atoms with van der Waals surface area (Å²) in [6.45, 7) is 1.31. The molecule has 0 aliphatic carbocycles. The highest BCUT2D eigenvalue weighted by atomic mass is 16.5. The molecule has 12 heteroatoms. The van der Waals surface area contributed by atoms with E-state index < -0.39 is 12.1 Å². The molecule has 262 valence electrons. The maximum absolute atomic E-state index is 13.9. The van der Waals surface area contributed by atoms with Gasteiger partial charge in [0.15, 0.2) is 0 Å². The van der Waals surface area contributed by atoms with Gasteiger partial charge in [0, 0.05) is 27.2 Å². The molecule has 0 unspecified atom stereocenters. The Morgan fingerprint density at radius 1 is 0.784 bits per heavy atom. The molecule has 2 aliphatic rings. The fourth-order valence-electron chi connectivity index (χ4n) is 7.30. The highest BCUT2D eigenvalue weighted by molar-refractivity contribution is 5.87. The first-order valence-corrected chi connectivity index (χ1v) is 17.2. The Morgan fingerprint density at radius 3 is 1.78 bits per heavy atom. The van der Waals surface area contributed by atoms with Crippen LogP contribution in [-0.2, 0) is 14.3 Å². The molecular weight excluding hydrogens is 646 g/mol. The second-order valence-electron chi connectivity index (χ2n) is 13.1. The van der Waals surface area contributed by atoms with Crippen LogP contribution < -0.4 is 0 Å². The van der Waals surface area contributed by atoms with Crippen molar-refractivity contribution in [2.24, 2.45) is 0 Å². The van der Waals surface area contributed by atoms with E-state index in [-0.39, 0.29) is 30.5 Å². The third-order valence-electron chi connectivity index (χ3n) is 9.96. The van der Waals surface area contributed by atoms with Crippen LogP contribution in [0.1, 0.15) is 61.0 Å². The standard InChI is InChI=1S/C39H41N7O5/c1-44(39(49)50)35(29-8-4-3-5-9-29)38(48)46-21-7-11-33(46)37-41-23-31(43-37)28-18-14-26(15-19-28)25-12-16-27(17-13-25)30-22-40-36(42-30)32-10-6-20-45(32)34(47)24-51-2/h3-5,8-9,12-19,22-23,32-33,35H,6-7,10-11,20-21,24H2,1-2H3,(H,40,42)(H,41,43)(H,49,50)/t32-,33-,35+/m0/s1. The first-order valence-electron chi connectivity index (χ1n) is 17.2. The monoisotopic (exact) mass is 687 g/mol. The van der Waals surface area contributed by atoms with E-state index in [9.17, 15) is 19.5 Å². The van der Waals surface area contributed by atoms with Gasteiger partial charge < -0.3 is 29.6 Å². The van der Waals surface area contributed by atoms with E-state index in [4.69, 9.17) is 4.74 Å². The van der Waals surface area contributed by atoms with Gasteiger partial charge in [-0.2, -0.15) is 0 Å². The number of amides is 3. The van der Waals surface area contributed by atoms with Crippen molar-refractivity contribution < 1.29 is 24.2 Å². The van der Waals surface area contributed by atoms with Crippen LogP contribution in [-0.4, -0.2) is 91.5 Å². The molecule has 12 nitrogen and oxygen atoms in total. The molecular formula is C39H41N7O5. The maximum atomic E-state index is 13.9. The molecule has 5 aromatic rings. The zero-order valence-electron chi connectivity index (χ0n) is 28.7. The minimum absolute atomic E-state index is 0.0198. The third kappa shape index (κ3) is 6.87. The Kier molecular flexibility index (Phi) is 9.67. The van der Waals surface area contributed by atoms with Gasteiger partial charge in [-0.25, -0.2) is 14.8 Å². The van der Waals surface area contributed by atoms with Crippen LogP contribution in [0.2, 0.25) is 0 Å². The summed E-state index contributed by atoms with van der Waals surface area (Å²) in [6.07, 6.45) is 5.80. The molecule has 3 aromatic carbocycles. The number of likely N-dealkylation sites (tertiary alicyclic amines) is 2. The fourth-order valence-corrected chi connectivity index (χ4v) is 7.30. The summed E-state index contributed by atoms with van der Waals surface area (Å²) in [4.78, 5) is 59.2. The summed E-state index contributed by atoms with van der Waals surface area (Å²) < 4.78 is 5.06. The lowest BCUT2D eigenvalue weighted by atomic mass is 10.0. The second-order valence-corrected chi connectivity index (χ2v) is 13.1. The van der Waals surface area contributed by atoms with Crippen LogP contribution in [0, 0.1) is 0 Å². The summed E-state index contributed by atoms with van der Waals surface area (Å²) in [5.74, 6) is 1.20. The highest BCUT2D eigenvalue weighted by Crippen LogP contribution is 2.36. The van der Waals surface area contributed by atoms with Crippen LogP contribution in [0.15, 0.2) is 91.3 Å². The van der Waals surface area contributed by atoms with Crippen LogP contribution in [0.3, 0.4) is 0 Å². The normalized spacial score (nSPS) is 17.8. The largest absolute Gasteiger partial charge is 0.465 e. The van der Waals surface area contributed by atoms with Crippen molar-refractivity contribution in [2.45, 2.75) is 43.8 Å². The Balaban J connectivity index is 1.03. The lowest BCUT2D eigenvalue weighted by Crippen LogP contribution is -2.43. The summed E-state index contributed by atoms with van der Waals surface area (Å²) in [7, 11) is 2.97. The molecule has 3 N–H and O–H groups in total. The van der Waals surface area contributed by atoms with Gasteiger partial charge in [-0.1, -0.05) is 78.9 Å². The average molecular weight is 688 g/mol. The second kappa shape index (κ2) is 14.6. The van der Waals surface area contributed by atoms with Crippen LogP contribution in [0.25, 0.3) is 33.6 Å². The quantitative estimate of drug-likeness (QED) is 0.153. The predicted molar refractivity (Wildman–Crippen MR) is 191 cm³/mol. The molecule has 3 atom stereocenters. The van der Waals surface area contributed by atoms with E-state index in [1.807, 2.05) is 41.4 Å². The number of nitrogens with one attached hydrogen (secondary N) is 2. The topological polar surface area (TPSA) is 148 Å². The van der Waals surface area contributed by atoms with Crippen molar-refractivity contribution in [3.63, 3.8) is 0 Å². The maximum Gasteiger partial charge on any atom is 0.407 e. The van der Waals surface area contributed by atoms with E-state index in [1.54, 1.807) is 23.2 Å². The number of aromatic amines is 2. The number of benzene rings is 3. The SMILES string of the molecule is COCC(=O)N1CCC[C@H]1c1ncc(-c2ccc(-c3ccc(-c4cnc([C@@H]5CCCN5C(=O)[C@@H](c5ccccc5)N(C)C(=O)O)[nH]4)cc3)cc2)[nH]1. The number of nitrogens with zero attached hydrogens (tertiary/aromatic N) is 5. The van der Waals surface area contributed by atoms with Crippen LogP contribution in [0.4, 0.5) is 4.79 Å². The molecule has 0 radical (unpaired) electrons. The van der Waals surface area contributed by atoms with Crippen molar-refractivity contribution in [1.82, 2.24) is 34.6 Å². The smallest absolute Gasteiger partial charge is 0.407 e. The number of H-pyrrole nitrogens is 2. The van der Waals surface area contributed by atoms with Gasteiger partial charge in [-0.15, -0.1) is 0 Å². The molecule has 2 aromatic heterocycles. The summed E-state index contributed by atoms with van der Waals surface area (Å²) in [5.41, 5.74) is 6.49. The Hall–Kier alpha value is -5.75. The number of methoxy groups -OCH3 is 1. The highest BCUT2D eigenvalue weighted by Gasteiger charge is 2.39. The van der Waals surface area contributed by atoms with Crippen molar-refractivity contribution >= 4 is 17.9 Å². The van der Waals surface area contributed by atoms with Gasteiger partial charge in [0.2, 0.25) is 5.91 Å². The number of ether oxygens (including phenoxy) is 1. The molecule has 0 spiro atoms. The van der Waals surface area contributed by atoms with Gasteiger partial charge in [0.1, 0.15) is 24.3 Å². The van der Waals surface area contributed by atoms with Gasteiger partial charge >= 0.3 is 6.09 Å². The minimum Gasteiger partial charge on any atom is -0.465 e. The molecule has 0 saturated carbocycles. The predicted octanol–water partition coefficient (Wildman–Crippen LogP) is 6.46. The minimum atomic E-state index is -1.16. The van der Waals surface area contributed by atoms with Gasteiger partial charge in [0.25, 0.3) is 5.91 Å². The first kappa shape index (κ1) is 33.7.